The third-order valence-corrected chi connectivity index (χ3v) is 4.85. The van der Waals surface area contributed by atoms with Crippen LogP contribution in [0.5, 0.6) is 0 Å². The fourth-order valence-electron chi connectivity index (χ4n) is 1.88. The number of sulfone groups is 1. The van der Waals surface area contributed by atoms with Crippen molar-refractivity contribution >= 4 is 9.84 Å². The molecule has 19 heavy (non-hydrogen) atoms. The largest absolute Gasteiger partial charge is 0.326 e. The summed E-state index contributed by atoms with van der Waals surface area (Å²) in [6.07, 6.45) is 0.687. The second-order valence-corrected chi connectivity index (χ2v) is 7.21. The van der Waals surface area contributed by atoms with Crippen molar-refractivity contribution in [3.8, 4) is 0 Å². The van der Waals surface area contributed by atoms with Crippen LogP contribution in [0.15, 0.2) is 24.3 Å². The van der Waals surface area contributed by atoms with Gasteiger partial charge in [0.05, 0.1) is 5.75 Å². The molecule has 0 aliphatic heterocycles. The lowest BCUT2D eigenvalue weighted by atomic mass is 10.1. The predicted octanol–water partition coefficient (Wildman–Crippen LogP) is 1.40. The molecule has 0 atom stereocenters. The Balaban J connectivity index is 2.44. The summed E-state index contributed by atoms with van der Waals surface area (Å²) < 4.78 is 23.3. The highest BCUT2D eigenvalue weighted by Crippen LogP contribution is 2.06. The zero-order valence-corrected chi connectivity index (χ0v) is 12.6. The average Bonchev–Trinajstić information content (AvgIpc) is 2.37. The molecular formula is C14H24N2O2S. The van der Waals surface area contributed by atoms with Gasteiger partial charge >= 0.3 is 0 Å². The minimum absolute atomic E-state index is 0.234. The first-order valence-corrected chi connectivity index (χ1v) is 8.46. The summed E-state index contributed by atoms with van der Waals surface area (Å²) in [5.74, 6) is 0.518. The van der Waals surface area contributed by atoms with Gasteiger partial charge in [0.1, 0.15) is 0 Å². The topological polar surface area (TPSA) is 63.4 Å². The van der Waals surface area contributed by atoms with Crippen molar-refractivity contribution < 1.29 is 8.42 Å². The molecule has 0 heterocycles. The normalized spacial score (nSPS) is 12.0. The van der Waals surface area contributed by atoms with E-state index in [0.29, 0.717) is 19.5 Å². The second kappa shape index (κ2) is 7.62. The van der Waals surface area contributed by atoms with Gasteiger partial charge < -0.3 is 10.6 Å². The van der Waals surface area contributed by atoms with Crippen LogP contribution in [0.4, 0.5) is 0 Å². The highest BCUT2D eigenvalue weighted by atomic mass is 32.2. The molecule has 1 rings (SSSR count). The summed E-state index contributed by atoms with van der Waals surface area (Å²) >= 11 is 0. The SMILES string of the molecule is CCCS(=O)(=O)CCN(C)Cc1ccc(CN)cc1. The van der Waals surface area contributed by atoms with E-state index in [9.17, 15) is 8.42 Å². The monoisotopic (exact) mass is 284 g/mol. The molecule has 1 aromatic carbocycles. The van der Waals surface area contributed by atoms with Gasteiger partial charge in [0, 0.05) is 25.4 Å². The Morgan fingerprint density at radius 2 is 1.68 bits per heavy atom. The van der Waals surface area contributed by atoms with Gasteiger partial charge in [0.25, 0.3) is 0 Å². The van der Waals surface area contributed by atoms with Crippen molar-refractivity contribution in [2.75, 3.05) is 25.1 Å². The van der Waals surface area contributed by atoms with Gasteiger partial charge in [-0.3, -0.25) is 0 Å². The average molecular weight is 284 g/mol. The molecule has 2 N–H and O–H groups in total. The second-order valence-electron chi connectivity index (χ2n) is 4.91. The van der Waals surface area contributed by atoms with Crippen molar-refractivity contribution in [2.45, 2.75) is 26.4 Å². The Kier molecular flexibility index (Phi) is 6.48. The van der Waals surface area contributed by atoms with Gasteiger partial charge in [-0.15, -0.1) is 0 Å². The van der Waals surface area contributed by atoms with Crippen molar-refractivity contribution in [3.63, 3.8) is 0 Å². The van der Waals surface area contributed by atoms with Gasteiger partial charge in [-0.05, 0) is 24.6 Å². The molecule has 5 heteroatoms. The summed E-state index contributed by atoms with van der Waals surface area (Å²) in [6, 6.07) is 8.10. The van der Waals surface area contributed by atoms with Crippen molar-refractivity contribution in [3.05, 3.63) is 35.4 Å². The van der Waals surface area contributed by atoms with E-state index in [1.807, 2.05) is 43.1 Å². The van der Waals surface area contributed by atoms with Crippen LogP contribution in [0, 0.1) is 0 Å². The molecule has 1 aromatic rings. The maximum absolute atomic E-state index is 11.6. The summed E-state index contributed by atoms with van der Waals surface area (Å²) in [5, 5.41) is 0. The fraction of sp³-hybridized carbons (Fsp3) is 0.571. The van der Waals surface area contributed by atoms with E-state index in [1.165, 1.54) is 5.56 Å². The first-order valence-electron chi connectivity index (χ1n) is 6.63. The first kappa shape index (κ1) is 16.1. The first-order chi connectivity index (χ1) is 8.96. The van der Waals surface area contributed by atoms with Crippen LogP contribution in [0.25, 0.3) is 0 Å². The van der Waals surface area contributed by atoms with Crippen LogP contribution >= 0.6 is 0 Å². The Bertz CT molecular complexity index is 469. The van der Waals surface area contributed by atoms with Crippen LogP contribution in [0.1, 0.15) is 24.5 Å². The molecule has 0 bridgehead atoms. The molecule has 0 spiro atoms. The van der Waals surface area contributed by atoms with Crippen LogP contribution in [-0.2, 0) is 22.9 Å². The van der Waals surface area contributed by atoms with E-state index < -0.39 is 9.84 Å². The standard InChI is InChI=1S/C14H24N2O2S/c1-3-9-19(17,18)10-8-16(2)12-14-6-4-13(11-15)5-7-14/h4-7H,3,8-12,15H2,1-2H3. The van der Waals surface area contributed by atoms with E-state index in [4.69, 9.17) is 5.73 Å². The van der Waals surface area contributed by atoms with E-state index in [1.54, 1.807) is 0 Å². The maximum atomic E-state index is 11.6. The lowest BCUT2D eigenvalue weighted by Gasteiger charge is -2.16. The highest BCUT2D eigenvalue weighted by Gasteiger charge is 2.10. The summed E-state index contributed by atoms with van der Waals surface area (Å²) in [6.45, 7) is 3.76. The summed E-state index contributed by atoms with van der Waals surface area (Å²) in [5.41, 5.74) is 7.83. The smallest absolute Gasteiger partial charge is 0.151 e. The van der Waals surface area contributed by atoms with Gasteiger partial charge in [0.15, 0.2) is 9.84 Å². The zero-order chi connectivity index (χ0) is 14.3. The number of nitrogens with two attached hydrogens (primary N) is 1. The molecule has 0 amide bonds. The molecule has 0 saturated carbocycles. The van der Waals surface area contributed by atoms with Crippen LogP contribution in [0.3, 0.4) is 0 Å². The molecular weight excluding hydrogens is 260 g/mol. The zero-order valence-electron chi connectivity index (χ0n) is 11.8. The molecule has 0 aliphatic rings. The third kappa shape index (κ3) is 6.18. The Morgan fingerprint density at radius 3 is 2.21 bits per heavy atom. The number of rotatable bonds is 8. The van der Waals surface area contributed by atoms with Gasteiger partial charge in [0.2, 0.25) is 0 Å². The number of hydrogen-bond donors (Lipinski definition) is 1. The number of hydrogen-bond acceptors (Lipinski definition) is 4. The molecule has 108 valence electrons. The Labute approximate surface area is 116 Å². The lowest BCUT2D eigenvalue weighted by molar-refractivity contribution is 0.346. The van der Waals surface area contributed by atoms with Crippen LogP contribution < -0.4 is 5.73 Å². The minimum Gasteiger partial charge on any atom is -0.326 e. The molecule has 4 nitrogen and oxygen atoms in total. The van der Waals surface area contributed by atoms with Crippen LogP contribution in [0.2, 0.25) is 0 Å². The quantitative estimate of drug-likeness (QED) is 0.784. The molecule has 0 aliphatic carbocycles. The fourth-order valence-corrected chi connectivity index (χ4v) is 3.30. The van der Waals surface area contributed by atoms with Gasteiger partial charge in [-0.25, -0.2) is 8.42 Å². The predicted molar refractivity (Wildman–Crippen MR) is 79.6 cm³/mol. The van der Waals surface area contributed by atoms with Gasteiger partial charge in [-0.2, -0.15) is 0 Å². The van der Waals surface area contributed by atoms with Crippen molar-refractivity contribution in [2.24, 2.45) is 5.73 Å². The maximum Gasteiger partial charge on any atom is 0.151 e. The molecule has 0 aromatic heterocycles. The molecule has 0 unspecified atom stereocenters. The van der Waals surface area contributed by atoms with E-state index in [2.05, 4.69) is 0 Å². The van der Waals surface area contributed by atoms with Crippen LogP contribution in [-0.4, -0.2) is 38.4 Å². The van der Waals surface area contributed by atoms with Gasteiger partial charge in [-0.1, -0.05) is 31.2 Å². The summed E-state index contributed by atoms with van der Waals surface area (Å²) in [7, 11) is -0.945. The van der Waals surface area contributed by atoms with E-state index in [0.717, 1.165) is 12.1 Å². The lowest BCUT2D eigenvalue weighted by Crippen LogP contribution is -2.26. The third-order valence-electron chi connectivity index (χ3n) is 3.01. The Hall–Kier alpha value is -0.910. The minimum atomic E-state index is -2.89. The molecule has 0 fully saturated rings. The summed E-state index contributed by atoms with van der Waals surface area (Å²) in [4.78, 5) is 2.03. The highest BCUT2D eigenvalue weighted by molar-refractivity contribution is 7.91. The van der Waals surface area contributed by atoms with Crippen molar-refractivity contribution in [1.82, 2.24) is 4.90 Å². The van der Waals surface area contributed by atoms with E-state index in [-0.39, 0.29) is 11.5 Å². The molecule has 0 saturated heterocycles. The number of nitrogens with zero attached hydrogens (tertiary/aromatic N) is 1. The van der Waals surface area contributed by atoms with Crippen molar-refractivity contribution in [1.29, 1.82) is 0 Å². The van der Waals surface area contributed by atoms with E-state index >= 15 is 0 Å². The number of benzene rings is 1. The molecule has 0 radical (unpaired) electrons. The Morgan fingerprint density at radius 1 is 1.11 bits per heavy atom.